The molecule has 2 aliphatic heterocycles. The van der Waals surface area contributed by atoms with Crippen LogP contribution in [0.5, 0.6) is 0 Å². The van der Waals surface area contributed by atoms with Crippen molar-refractivity contribution in [1.82, 2.24) is 25.3 Å². The monoisotopic (exact) mass is 391 g/mol. The zero-order valence-corrected chi connectivity index (χ0v) is 17.1. The highest BCUT2D eigenvalue weighted by molar-refractivity contribution is 6.07. The van der Waals surface area contributed by atoms with Gasteiger partial charge in [-0.15, -0.1) is 6.58 Å². The van der Waals surface area contributed by atoms with E-state index in [1.54, 1.807) is 6.08 Å². The standard InChI is InChI=1S/C20H33N5O3/c1-4-8-21-17(26)13-23-9-11-24(12-10-23)14-25-18(27)20(22-19(25)28)15(2)6-5-7-16(20)3/h4,15-16H,1,5-14H2,2-3H3,(H,21,26)(H,22,28). The maximum absolute atomic E-state index is 13.2. The summed E-state index contributed by atoms with van der Waals surface area (Å²) in [7, 11) is 0. The molecule has 1 aliphatic carbocycles. The van der Waals surface area contributed by atoms with Crippen LogP contribution in [-0.4, -0.2) is 84.0 Å². The summed E-state index contributed by atoms with van der Waals surface area (Å²) in [6.45, 7) is 11.8. The van der Waals surface area contributed by atoms with Crippen LogP contribution in [0.3, 0.4) is 0 Å². The summed E-state index contributed by atoms with van der Waals surface area (Å²) in [5, 5.41) is 5.84. The van der Waals surface area contributed by atoms with Gasteiger partial charge in [-0.05, 0) is 24.7 Å². The van der Waals surface area contributed by atoms with Gasteiger partial charge in [-0.2, -0.15) is 0 Å². The first kappa shape index (κ1) is 20.8. The lowest BCUT2D eigenvalue weighted by Crippen LogP contribution is -2.59. The van der Waals surface area contributed by atoms with Gasteiger partial charge in [0.15, 0.2) is 0 Å². The van der Waals surface area contributed by atoms with Gasteiger partial charge in [-0.1, -0.05) is 26.3 Å². The molecule has 1 spiro atoms. The molecule has 8 nitrogen and oxygen atoms in total. The number of rotatable bonds is 6. The van der Waals surface area contributed by atoms with Crippen LogP contribution in [-0.2, 0) is 9.59 Å². The van der Waals surface area contributed by atoms with Crippen molar-refractivity contribution in [2.75, 3.05) is 45.9 Å². The smallest absolute Gasteiger partial charge is 0.326 e. The highest BCUT2D eigenvalue weighted by atomic mass is 16.2. The molecular weight excluding hydrogens is 358 g/mol. The maximum Gasteiger partial charge on any atom is 0.326 e. The first-order valence-corrected chi connectivity index (χ1v) is 10.3. The molecule has 8 heteroatoms. The third-order valence-corrected chi connectivity index (χ3v) is 6.60. The number of hydrogen-bond donors (Lipinski definition) is 2. The molecule has 2 atom stereocenters. The molecule has 0 aromatic carbocycles. The van der Waals surface area contributed by atoms with Crippen LogP contribution in [0, 0.1) is 11.8 Å². The second-order valence-corrected chi connectivity index (χ2v) is 8.39. The molecule has 2 N–H and O–H groups in total. The summed E-state index contributed by atoms with van der Waals surface area (Å²) in [5.41, 5.74) is -0.736. The van der Waals surface area contributed by atoms with Crippen molar-refractivity contribution >= 4 is 17.8 Å². The van der Waals surface area contributed by atoms with Crippen molar-refractivity contribution in [2.24, 2.45) is 11.8 Å². The second kappa shape index (κ2) is 8.61. The molecule has 3 fully saturated rings. The number of carbonyl (C=O) groups excluding carboxylic acids is 3. The zero-order valence-electron chi connectivity index (χ0n) is 17.1. The Bertz CT molecular complexity index is 619. The third-order valence-electron chi connectivity index (χ3n) is 6.60. The number of urea groups is 1. The summed E-state index contributed by atoms with van der Waals surface area (Å²) >= 11 is 0. The van der Waals surface area contributed by atoms with Crippen molar-refractivity contribution in [2.45, 2.75) is 38.6 Å². The lowest BCUT2D eigenvalue weighted by molar-refractivity contribution is -0.138. The molecule has 1 saturated carbocycles. The molecule has 2 unspecified atom stereocenters. The quantitative estimate of drug-likeness (QED) is 0.512. The number of nitrogens with one attached hydrogen (secondary N) is 2. The number of piperazine rings is 1. The minimum Gasteiger partial charge on any atom is -0.352 e. The van der Waals surface area contributed by atoms with E-state index in [1.807, 2.05) is 0 Å². The molecule has 3 rings (SSSR count). The summed E-state index contributed by atoms with van der Waals surface area (Å²) < 4.78 is 0. The summed E-state index contributed by atoms with van der Waals surface area (Å²) in [6.07, 6.45) is 4.71. The fourth-order valence-corrected chi connectivity index (χ4v) is 4.81. The normalized spacial score (nSPS) is 31.9. The van der Waals surface area contributed by atoms with Gasteiger partial charge in [0, 0.05) is 32.7 Å². The molecule has 0 aromatic heterocycles. The predicted molar refractivity (Wildman–Crippen MR) is 106 cm³/mol. The van der Waals surface area contributed by atoms with E-state index < -0.39 is 5.54 Å². The van der Waals surface area contributed by atoms with Gasteiger partial charge in [0.05, 0.1) is 13.2 Å². The Kier molecular flexibility index (Phi) is 6.40. The van der Waals surface area contributed by atoms with Crippen LogP contribution in [0.2, 0.25) is 0 Å². The Hall–Kier alpha value is -1.93. The molecule has 2 saturated heterocycles. The van der Waals surface area contributed by atoms with E-state index in [-0.39, 0.29) is 29.7 Å². The lowest BCUT2D eigenvalue weighted by atomic mass is 9.67. The highest BCUT2D eigenvalue weighted by Gasteiger charge is 2.58. The molecule has 156 valence electrons. The number of carbonyl (C=O) groups is 3. The SMILES string of the molecule is C=CCNC(=O)CN1CCN(CN2C(=O)NC3(C2=O)C(C)CCCC3C)CC1. The van der Waals surface area contributed by atoms with Crippen molar-refractivity contribution in [1.29, 1.82) is 0 Å². The van der Waals surface area contributed by atoms with E-state index >= 15 is 0 Å². The average molecular weight is 392 g/mol. The topological polar surface area (TPSA) is 85.0 Å². The van der Waals surface area contributed by atoms with E-state index in [4.69, 9.17) is 0 Å². The van der Waals surface area contributed by atoms with E-state index in [1.165, 1.54) is 4.90 Å². The maximum atomic E-state index is 13.2. The molecule has 0 bridgehead atoms. The number of hydrogen-bond acceptors (Lipinski definition) is 5. The van der Waals surface area contributed by atoms with E-state index in [2.05, 4.69) is 40.9 Å². The van der Waals surface area contributed by atoms with E-state index in [0.29, 0.717) is 19.8 Å². The summed E-state index contributed by atoms with van der Waals surface area (Å²) in [4.78, 5) is 43.3. The Morgan fingerprint density at radius 3 is 2.39 bits per heavy atom. The zero-order chi connectivity index (χ0) is 20.3. The van der Waals surface area contributed by atoms with Crippen LogP contribution >= 0.6 is 0 Å². The molecule has 2 heterocycles. The van der Waals surface area contributed by atoms with Crippen molar-refractivity contribution < 1.29 is 14.4 Å². The number of imide groups is 1. The third kappa shape index (κ3) is 3.93. The number of amides is 4. The molecule has 0 aromatic rings. The fraction of sp³-hybridized carbons (Fsp3) is 0.750. The van der Waals surface area contributed by atoms with Gasteiger partial charge in [-0.3, -0.25) is 19.4 Å². The molecule has 3 aliphatic rings. The average Bonchev–Trinajstić information content (AvgIpc) is 2.92. The van der Waals surface area contributed by atoms with Crippen LogP contribution < -0.4 is 10.6 Å². The Labute approximate surface area is 167 Å². The van der Waals surface area contributed by atoms with Gasteiger partial charge in [0.25, 0.3) is 5.91 Å². The minimum atomic E-state index is -0.736. The van der Waals surface area contributed by atoms with Crippen molar-refractivity contribution in [3.8, 4) is 0 Å². The predicted octanol–water partition coefficient (Wildman–Crippen LogP) is 0.610. The van der Waals surface area contributed by atoms with E-state index in [0.717, 1.165) is 45.4 Å². The van der Waals surface area contributed by atoms with Gasteiger partial charge >= 0.3 is 6.03 Å². The first-order valence-electron chi connectivity index (χ1n) is 10.3. The molecule has 4 amide bonds. The Morgan fingerprint density at radius 1 is 1.18 bits per heavy atom. The fourth-order valence-electron chi connectivity index (χ4n) is 4.81. The number of nitrogens with zero attached hydrogens (tertiary/aromatic N) is 3. The van der Waals surface area contributed by atoms with Crippen molar-refractivity contribution in [3.05, 3.63) is 12.7 Å². The molecule has 0 radical (unpaired) electrons. The Morgan fingerprint density at radius 2 is 1.79 bits per heavy atom. The Balaban J connectivity index is 1.54. The van der Waals surface area contributed by atoms with Crippen LogP contribution in [0.25, 0.3) is 0 Å². The minimum absolute atomic E-state index is 0.00957. The van der Waals surface area contributed by atoms with Gasteiger partial charge in [0.2, 0.25) is 5.91 Å². The molecule has 28 heavy (non-hydrogen) atoms. The van der Waals surface area contributed by atoms with Crippen molar-refractivity contribution in [3.63, 3.8) is 0 Å². The van der Waals surface area contributed by atoms with Crippen LogP contribution in [0.15, 0.2) is 12.7 Å². The van der Waals surface area contributed by atoms with Crippen LogP contribution in [0.1, 0.15) is 33.1 Å². The molecular formula is C20H33N5O3. The van der Waals surface area contributed by atoms with Gasteiger partial charge in [0.1, 0.15) is 5.54 Å². The highest BCUT2D eigenvalue weighted by Crippen LogP contribution is 2.42. The largest absolute Gasteiger partial charge is 0.352 e. The van der Waals surface area contributed by atoms with Gasteiger partial charge in [-0.25, -0.2) is 9.69 Å². The second-order valence-electron chi connectivity index (χ2n) is 8.39. The summed E-state index contributed by atoms with van der Waals surface area (Å²) in [5.74, 6) is 0.236. The lowest BCUT2D eigenvalue weighted by Gasteiger charge is -2.42. The first-order chi connectivity index (χ1) is 13.4. The van der Waals surface area contributed by atoms with E-state index in [9.17, 15) is 14.4 Å². The summed E-state index contributed by atoms with van der Waals surface area (Å²) in [6, 6.07) is -0.267. The van der Waals surface area contributed by atoms with Gasteiger partial charge < -0.3 is 10.6 Å². The van der Waals surface area contributed by atoms with Crippen LogP contribution in [0.4, 0.5) is 4.79 Å².